The van der Waals surface area contributed by atoms with Crippen LogP contribution >= 0.6 is 0 Å². The molecule has 1 fully saturated rings. The van der Waals surface area contributed by atoms with E-state index in [0.717, 1.165) is 35.5 Å². The lowest BCUT2D eigenvalue weighted by Gasteiger charge is -2.25. The zero-order valence-corrected chi connectivity index (χ0v) is 19.6. The third-order valence-corrected chi connectivity index (χ3v) is 6.50. The van der Waals surface area contributed by atoms with Crippen molar-refractivity contribution in [3.63, 3.8) is 0 Å². The summed E-state index contributed by atoms with van der Waals surface area (Å²) in [5, 5.41) is 9.29. The number of hydrogen-bond donors (Lipinski definition) is 1. The second-order valence-electron chi connectivity index (χ2n) is 9.59. The molecule has 1 N–H and O–H groups in total. The predicted octanol–water partition coefficient (Wildman–Crippen LogP) is 6.44. The Morgan fingerprint density at radius 3 is 2.55 bits per heavy atom. The first-order valence-corrected chi connectivity index (χ1v) is 12.0. The summed E-state index contributed by atoms with van der Waals surface area (Å²) in [5.41, 5.74) is 1.48. The number of oxazole rings is 1. The van der Waals surface area contributed by atoms with Crippen LogP contribution in [0.15, 0.2) is 52.9 Å². The molecule has 6 nitrogen and oxygen atoms in total. The van der Waals surface area contributed by atoms with Crippen molar-refractivity contribution in [2.75, 3.05) is 11.4 Å². The highest BCUT2D eigenvalue weighted by atomic mass is 16.5. The smallest absolute Gasteiger partial charge is 0.347 e. The molecule has 4 rings (SSSR count). The number of carboxylic acids is 1. The molecule has 33 heavy (non-hydrogen) atoms. The SMILES string of the molecule is CC(C)(Oc1ccc(CN(CCCC2CCCCC2)c2nc3ccccc3o2)cc1)C(=O)O. The largest absolute Gasteiger partial charge is 0.478 e. The van der Waals surface area contributed by atoms with Crippen molar-refractivity contribution in [3.8, 4) is 5.75 Å². The Morgan fingerprint density at radius 1 is 1.12 bits per heavy atom. The van der Waals surface area contributed by atoms with E-state index in [2.05, 4.69) is 4.90 Å². The van der Waals surface area contributed by atoms with Gasteiger partial charge in [0.15, 0.2) is 11.2 Å². The first-order chi connectivity index (χ1) is 15.9. The lowest BCUT2D eigenvalue weighted by molar-refractivity contribution is -0.152. The van der Waals surface area contributed by atoms with E-state index >= 15 is 0 Å². The van der Waals surface area contributed by atoms with Crippen LogP contribution in [0.25, 0.3) is 11.1 Å². The molecule has 1 saturated carbocycles. The molecule has 0 saturated heterocycles. The summed E-state index contributed by atoms with van der Waals surface area (Å²) < 4.78 is 11.7. The van der Waals surface area contributed by atoms with Crippen molar-refractivity contribution in [1.29, 1.82) is 0 Å². The summed E-state index contributed by atoms with van der Waals surface area (Å²) in [5.74, 6) is 0.391. The zero-order chi connectivity index (χ0) is 23.3. The normalized spacial score (nSPS) is 15.0. The molecule has 6 heteroatoms. The number of benzene rings is 2. The fourth-order valence-electron chi connectivity index (χ4n) is 4.51. The average Bonchev–Trinajstić information content (AvgIpc) is 3.24. The van der Waals surface area contributed by atoms with Gasteiger partial charge in [-0.05, 0) is 62.4 Å². The molecular formula is C27H34N2O4. The molecule has 1 aliphatic rings. The number of ether oxygens (including phenoxy) is 1. The van der Waals surface area contributed by atoms with Crippen LogP contribution in [0.5, 0.6) is 5.75 Å². The number of para-hydroxylation sites is 2. The third kappa shape index (κ3) is 6.06. The number of fused-ring (bicyclic) bond motifs is 1. The highest BCUT2D eigenvalue weighted by Crippen LogP contribution is 2.29. The molecule has 176 valence electrons. The molecule has 1 heterocycles. The molecule has 0 atom stereocenters. The maximum atomic E-state index is 11.3. The summed E-state index contributed by atoms with van der Waals surface area (Å²) >= 11 is 0. The van der Waals surface area contributed by atoms with E-state index < -0.39 is 11.6 Å². The lowest BCUT2D eigenvalue weighted by atomic mass is 9.86. The van der Waals surface area contributed by atoms with Crippen LogP contribution in [0.3, 0.4) is 0 Å². The van der Waals surface area contributed by atoms with Gasteiger partial charge in [0.1, 0.15) is 11.3 Å². The van der Waals surface area contributed by atoms with Crippen LogP contribution in [0.2, 0.25) is 0 Å². The number of aliphatic carboxylic acids is 1. The summed E-state index contributed by atoms with van der Waals surface area (Å²) in [4.78, 5) is 18.3. The minimum absolute atomic E-state index is 0.539. The minimum Gasteiger partial charge on any atom is -0.478 e. The van der Waals surface area contributed by atoms with Crippen LogP contribution in [-0.4, -0.2) is 28.2 Å². The number of carboxylic acid groups (broad SMARTS) is 1. The Balaban J connectivity index is 1.46. The van der Waals surface area contributed by atoms with Gasteiger partial charge in [0, 0.05) is 13.1 Å². The number of anilines is 1. The van der Waals surface area contributed by atoms with E-state index in [9.17, 15) is 9.90 Å². The summed E-state index contributed by atoms with van der Waals surface area (Å²) in [6.45, 7) is 4.64. The summed E-state index contributed by atoms with van der Waals surface area (Å²) in [6.07, 6.45) is 9.19. The average molecular weight is 451 g/mol. The molecule has 3 aromatic rings. The van der Waals surface area contributed by atoms with Crippen LogP contribution in [0.4, 0.5) is 6.01 Å². The number of carbonyl (C=O) groups is 1. The van der Waals surface area contributed by atoms with Crippen LogP contribution in [-0.2, 0) is 11.3 Å². The molecule has 0 aliphatic heterocycles. The third-order valence-electron chi connectivity index (χ3n) is 6.50. The van der Waals surface area contributed by atoms with Gasteiger partial charge in [0.2, 0.25) is 0 Å². The topological polar surface area (TPSA) is 75.8 Å². The second-order valence-corrected chi connectivity index (χ2v) is 9.59. The molecule has 0 bridgehead atoms. The Bertz CT molecular complexity index is 1020. The fraction of sp³-hybridized carbons (Fsp3) is 0.481. The number of rotatable bonds is 10. The van der Waals surface area contributed by atoms with Crippen molar-refractivity contribution in [3.05, 3.63) is 54.1 Å². The molecule has 0 radical (unpaired) electrons. The fourth-order valence-corrected chi connectivity index (χ4v) is 4.51. The van der Waals surface area contributed by atoms with Gasteiger partial charge >= 0.3 is 5.97 Å². The lowest BCUT2D eigenvalue weighted by Crippen LogP contribution is -2.37. The standard InChI is InChI=1S/C27H34N2O4/c1-27(2,25(30)31)33-22-16-14-21(15-17-22)19-29(18-8-11-20-9-4-3-5-10-20)26-28-23-12-6-7-13-24(23)32-26/h6-7,12-17,20H,3-5,8-11,18-19H2,1-2H3,(H,30,31). The highest BCUT2D eigenvalue weighted by molar-refractivity contribution is 5.76. The number of hydrogen-bond acceptors (Lipinski definition) is 5. The summed E-state index contributed by atoms with van der Waals surface area (Å²) in [6, 6.07) is 16.1. The molecule has 0 amide bonds. The number of aromatic nitrogens is 1. The Morgan fingerprint density at radius 2 is 1.85 bits per heavy atom. The van der Waals surface area contributed by atoms with E-state index in [1.54, 1.807) is 13.8 Å². The van der Waals surface area contributed by atoms with Gasteiger partial charge in [-0.25, -0.2) is 4.79 Å². The maximum absolute atomic E-state index is 11.3. The quantitative estimate of drug-likeness (QED) is 0.383. The van der Waals surface area contributed by atoms with Crippen LogP contribution < -0.4 is 9.64 Å². The summed E-state index contributed by atoms with van der Waals surface area (Å²) in [7, 11) is 0. The molecule has 0 spiro atoms. The van der Waals surface area contributed by atoms with E-state index in [-0.39, 0.29) is 0 Å². The molecular weight excluding hydrogens is 416 g/mol. The van der Waals surface area contributed by atoms with Crippen molar-refractivity contribution in [2.45, 2.75) is 70.9 Å². The van der Waals surface area contributed by atoms with Gasteiger partial charge in [0.25, 0.3) is 6.01 Å². The second kappa shape index (κ2) is 10.3. The predicted molar refractivity (Wildman–Crippen MR) is 130 cm³/mol. The van der Waals surface area contributed by atoms with Gasteiger partial charge in [-0.15, -0.1) is 0 Å². The van der Waals surface area contributed by atoms with Gasteiger partial charge in [0.05, 0.1) is 0 Å². The molecule has 0 unspecified atom stereocenters. The molecule has 2 aromatic carbocycles. The van der Waals surface area contributed by atoms with Gasteiger partial charge in [-0.2, -0.15) is 4.98 Å². The van der Waals surface area contributed by atoms with Gasteiger partial charge in [-0.1, -0.05) is 56.4 Å². The highest BCUT2D eigenvalue weighted by Gasteiger charge is 2.29. The van der Waals surface area contributed by atoms with Crippen molar-refractivity contribution in [1.82, 2.24) is 4.98 Å². The Hall–Kier alpha value is -3.02. The maximum Gasteiger partial charge on any atom is 0.347 e. The van der Waals surface area contributed by atoms with E-state index in [0.29, 0.717) is 18.3 Å². The van der Waals surface area contributed by atoms with E-state index in [1.807, 2.05) is 48.5 Å². The van der Waals surface area contributed by atoms with Crippen molar-refractivity contribution < 1.29 is 19.1 Å². The first-order valence-electron chi connectivity index (χ1n) is 12.0. The minimum atomic E-state index is -1.27. The Labute approximate surface area is 195 Å². The van der Waals surface area contributed by atoms with Gasteiger partial charge in [-0.3, -0.25) is 0 Å². The first kappa shape index (κ1) is 23.1. The van der Waals surface area contributed by atoms with Gasteiger partial charge < -0.3 is 19.2 Å². The van der Waals surface area contributed by atoms with Crippen LogP contribution in [0.1, 0.15) is 64.4 Å². The van der Waals surface area contributed by atoms with E-state index in [1.165, 1.54) is 38.5 Å². The van der Waals surface area contributed by atoms with Crippen molar-refractivity contribution >= 4 is 23.1 Å². The molecule has 1 aliphatic carbocycles. The van der Waals surface area contributed by atoms with E-state index in [4.69, 9.17) is 14.1 Å². The monoisotopic (exact) mass is 450 g/mol. The van der Waals surface area contributed by atoms with Crippen LogP contribution in [0, 0.1) is 5.92 Å². The Kier molecular flexibility index (Phi) is 7.21. The van der Waals surface area contributed by atoms with Crippen molar-refractivity contribution in [2.24, 2.45) is 5.92 Å². The number of nitrogens with zero attached hydrogens (tertiary/aromatic N) is 2. The molecule has 1 aromatic heterocycles. The zero-order valence-electron chi connectivity index (χ0n) is 19.6.